The van der Waals surface area contributed by atoms with Crippen LogP contribution in [-0.2, 0) is 4.79 Å². The van der Waals surface area contributed by atoms with Crippen LogP contribution in [0.2, 0.25) is 0 Å². The molecule has 4 aromatic rings. The average Bonchev–Trinajstić information content (AvgIpc) is 3.39. The summed E-state index contributed by atoms with van der Waals surface area (Å²) in [6, 6.07) is 15.3. The average molecular weight is 396 g/mol. The molecule has 5 nitrogen and oxygen atoms in total. The van der Waals surface area contributed by atoms with Gasteiger partial charge in [0.1, 0.15) is 10.8 Å². The third kappa shape index (κ3) is 4.04. The fraction of sp³-hybridized carbons (Fsp3) is 0.150. The molecule has 0 saturated carbocycles. The minimum absolute atomic E-state index is 0.0655. The minimum atomic E-state index is -0.170. The van der Waals surface area contributed by atoms with Gasteiger partial charge in [-0.15, -0.1) is 11.3 Å². The van der Waals surface area contributed by atoms with Crippen molar-refractivity contribution in [2.75, 3.05) is 5.75 Å². The van der Waals surface area contributed by atoms with Crippen molar-refractivity contribution in [3.63, 3.8) is 0 Å². The Balaban J connectivity index is 1.53. The molecule has 136 valence electrons. The Morgan fingerprint density at radius 1 is 1.19 bits per heavy atom. The number of hydrogen-bond acceptors (Lipinski definition) is 6. The summed E-state index contributed by atoms with van der Waals surface area (Å²) in [4.78, 5) is 22.7. The molecule has 0 radical (unpaired) electrons. The van der Waals surface area contributed by atoms with Crippen molar-refractivity contribution >= 4 is 39.9 Å². The lowest BCUT2D eigenvalue weighted by Crippen LogP contribution is -2.27. The van der Waals surface area contributed by atoms with E-state index in [2.05, 4.69) is 10.3 Å². The molecule has 0 saturated heterocycles. The second-order valence-electron chi connectivity index (χ2n) is 5.94. The van der Waals surface area contributed by atoms with Gasteiger partial charge in [-0.25, -0.2) is 9.97 Å². The van der Waals surface area contributed by atoms with Gasteiger partial charge in [0, 0.05) is 5.39 Å². The number of aromatic nitrogens is 2. The number of thioether (sulfide) groups is 1. The van der Waals surface area contributed by atoms with Crippen molar-refractivity contribution in [3.8, 4) is 10.7 Å². The van der Waals surface area contributed by atoms with Crippen LogP contribution in [0.1, 0.15) is 18.7 Å². The minimum Gasteiger partial charge on any atom is -0.467 e. The maximum atomic E-state index is 12.4. The standard InChI is InChI=1S/C20H17N3O2S2/c1-13(16-8-4-10-25-16)21-18(24)12-27-20-14-6-2-3-7-15(14)22-19(23-20)17-9-5-11-26-17/h2-11,13H,12H2,1H3,(H,21,24)/t13-/m1/s1. The van der Waals surface area contributed by atoms with Crippen LogP contribution in [0.3, 0.4) is 0 Å². The van der Waals surface area contributed by atoms with Gasteiger partial charge in [-0.05, 0) is 36.6 Å². The van der Waals surface area contributed by atoms with E-state index >= 15 is 0 Å². The van der Waals surface area contributed by atoms with Gasteiger partial charge in [-0.1, -0.05) is 36.0 Å². The molecule has 1 N–H and O–H groups in total. The first-order chi connectivity index (χ1) is 13.2. The maximum Gasteiger partial charge on any atom is 0.230 e. The van der Waals surface area contributed by atoms with E-state index in [-0.39, 0.29) is 17.7 Å². The van der Waals surface area contributed by atoms with Gasteiger partial charge < -0.3 is 9.73 Å². The molecule has 27 heavy (non-hydrogen) atoms. The Hall–Kier alpha value is -2.64. The van der Waals surface area contributed by atoms with Gasteiger partial charge in [0.25, 0.3) is 0 Å². The summed E-state index contributed by atoms with van der Waals surface area (Å²) in [6.07, 6.45) is 1.60. The Morgan fingerprint density at radius 3 is 2.85 bits per heavy atom. The van der Waals surface area contributed by atoms with E-state index in [0.29, 0.717) is 5.82 Å². The van der Waals surface area contributed by atoms with Crippen LogP contribution in [-0.4, -0.2) is 21.6 Å². The van der Waals surface area contributed by atoms with Crippen LogP contribution < -0.4 is 5.32 Å². The quantitative estimate of drug-likeness (QED) is 0.371. The van der Waals surface area contributed by atoms with Crippen LogP contribution in [0.4, 0.5) is 0 Å². The molecule has 0 aliphatic carbocycles. The number of para-hydroxylation sites is 1. The van der Waals surface area contributed by atoms with Gasteiger partial charge in [0.05, 0.1) is 28.5 Å². The number of thiophene rings is 1. The lowest BCUT2D eigenvalue weighted by molar-refractivity contribution is -0.119. The summed E-state index contributed by atoms with van der Waals surface area (Å²) in [5.74, 6) is 1.64. The van der Waals surface area contributed by atoms with Crippen LogP contribution in [0.25, 0.3) is 21.6 Å². The molecule has 3 aromatic heterocycles. The zero-order chi connectivity index (χ0) is 18.6. The number of benzene rings is 1. The van der Waals surface area contributed by atoms with Crippen molar-refractivity contribution in [3.05, 3.63) is 65.9 Å². The lowest BCUT2D eigenvalue weighted by Gasteiger charge is -2.12. The molecular weight excluding hydrogens is 378 g/mol. The van der Waals surface area contributed by atoms with Gasteiger partial charge in [0.2, 0.25) is 5.91 Å². The largest absolute Gasteiger partial charge is 0.467 e. The highest BCUT2D eigenvalue weighted by Crippen LogP contribution is 2.30. The van der Waals surface area contributed by atoms with E-state index in [1.807, 2.05) is 60.8 Å². The van der Waals surface area contributed by atoms with E-state index in [1.165, 1.54) is 11.8 Å². The zero-order valence-electron chi connectivity index (χ0n) is 14.6. The predicted molar refractivity (Wildman–Crippen MR) is 109 cm³/mol. The van der Waals surface area contributed by atoms with E-state index in [4.69, 9.17) is 9.40 Å². The second-order valence-corrected chi connectivity index (χ2v) is 7.85. The molecule has 0 fully saturated rings. The van der Waals surface area contributed by atoms with Crippen LogP contribution in [0.5, 0.6) is 0 Å². The van der Waals surface area contributed by atoms with E-state index in [9.17, 15) is 4.79 Å². The molecular formula is C20H17N3O2S2. The van der Waals surface area contributed by atoms with E-state index in [1.54, 1.807) is 17.6 Å². The highest BCUT2D eigenvalue weighted by molar-refractivity contribution is 8.00. The molecule has 1 aromatic carbocycles. The van der Waals surface area contributed by atoms with Crippen molar-refractivity contribution in [1.29, 1.82) is 0 Å². The molecule has 7 heteroatoms. The second kappa shape index (κ2) is 7.94. The van der Waals surface area contributed by atoms with Crippen LogP contribution in [0.15, 0.2) is 69.6 Å². The number of amides is 1. The lowest BCUT2D eigenvalue weighted by atomic mass is 10.2. The SMILES string of the molecule is C[C@@H](NC(=O)CSc1nc(-c2cccs2)nc2ccccc12)c1ccco1. The van der Waals surface area contributed by atoms with E-state index in [0.717, 1.165) is 26.6 Å². The molecule has 1 amide bonds. The normalized spacial score (nSPS) is 12.2. The number of rotatable bonds is 6. The Labute approximate surface area is 164 Å². The van der Waals surface area contributed by atoms with Crippen molar-refractivity contribution in [2.45, 2.75) is 18.0 Å². The molecule has 3 heterocycles. The fourth-order valence-corrected chi connectivity index (χ4v) is 4.19. The summed E-state index contributed by atoms with van der Waals surface area (Å²) in [6.45, 7) is 1.90. The summed E-state index contributed by atoms with van der Waals surface area (Å²) >= 11 is 3.02. The number of nitrogens with one attached hydrogen (secondary N) is 1. The number of carbonyl (C=O) groups excluding carboxylic acids is 1. The Bertz CT molecular complexity index is 1050. The number of nitrogens with zero attached hydrogens (tertiary/aromatic N) is 2. The first kappa shape index (κ1) is 17.8. The third-order valence-electron chi connectivity index (χ3n) is 4.00. The van der Waals surface area contributed by atoms with Gasteiger partial charge in [-0.3, -0.25) is 4.79 Å². The topological polar surface area (TPSA) is 68.0 Å². The van der Waals surface area contributed by atoms with Crippen molar-refractivity contribution in [1.82, 2.24) is 15.3 Å². The van der Waals surface area contributed by atoms with Crippen molar-refractivity contribution < 1.29 is 9.21 Å². The molecule has 0 bridgehead atoms. The molecule has 0 aliphatic heterocycles. The number of furan rings is 1. The number of fused-ring (bicyclic) bond motifs is 1. The van der Waals surface area contributed by atoms with Gasteiger partial charge in [0.15, 0.2) is 5.82 Å². The molecule has 0 unspecified atom stereocenters. The molecule has 4 rings (SSSR count). The number of carbonyl (C=O) groups is 1. The van der Waals surface area contributed by atoms with E-state index < -0.39 is 0 Å². The molecule has 0 spiro atoms. The molecule has 0 aliphatic rings. The zero-order valence-corrected chi connectivity index (χ0v) is 16.2. The summed E-state index contributed by atoms with van der Waals surface area (Å²) in [7, 11) is 0. The Morgan fingerprint density at radius 2 is 2.07 bits per heavy atom. The Kier molecular flexibility index (Phi) is 5.22. The smallest absolute Gasteiger partial charge is 0.230 e. The third-order valence-corrected chi connectivity index (χ3v) is 5.85. The van der Waals surface area contributed by atoms with Crippen molar-refractivity contribution in [2.24, 2.45) is 0 Å². The highest BCUT2D eigenvalue weighted by atomic mass is 32.2. The first-order valence-corrected chi connectivity index (χ1v) is 10.3. The summed E-state index contributed by atoms with van der Waals surface area (Å²) in [5, 5.41) is 6.72. The fourth-order valence-electron chi connectivity index (χ4n) is 2.70. The highest BCUT2D eigenvalue weighted by Gasteiger charge is 2.15. The van der Waals surface area contributed by atoms with Crippen LogP contribution in [0, 0.1) is 0 Å². The van der Waals surface area contributed by atoms with Crippen LogP contribution >= 0.6 is 23.1 Å². The predicted octanol–water partition coefficient (Wildman–Crippen LogP) is 4.92. The number of hydrogen-bond donors (Lipinski definition) is 1. The van der Waals surface area contributed by atoms with Gasteiger partial charge in [-0.2, -0.15) is 0 Å². The first-order valence-electron chi connectivity index (χ1n) is 8.47. The summed E-state index contributed by atoms with van der Waals surface area (Å²) < 4.78 is 5.33. The summed E-state index contributed by atoms with van der Waals surface area (Å²) in [5.41, 5.74) is 0.878. The monoisotopic (exact) mass is 395 g/mol. The molecule has 1 atom stereocenters. The maximum absolute atomic E-state index is 12.4. The van der Waals surface area contributed by atoms with Gasteiger partial charge >= 0.3 is 0 Å².